The molecule has 1 fully saturated rings. The van der Waals surface area contributed by atoms with Crippen LogP contribution in [0.5, 0.6) is 5.75 Å². The molecular weight excluding hydrogens is 316 g/mol. The first-order chi connectivity index (χ1) is 11.0. The molecule has 1 amide bonds. The predicted octanol–water partition coefficient (Wildman–Crippen LogP) is 1.76. The lowest BCUT2D eigenvalue weighted by molar-refractivity contribution is -0.133. The van der Waals surface area contributed by atoms with Gasteiger partial charge < -0.3 is 9.64 Å². The van der Waals surface area contributed by atoms with Crippen molar-refractivity contribution in [2.45, 2.75) is 43.5 Å². The van der Waals surface area contributed by atoms with Gasteiger partial charge in [0.25, 0.3) is 0 Å². The minimum atomic E-state index is -3.73. The lowest BCUT2D eigenvalue weighted by atomic mass is 10.1. The quantitative estimate of drug-likeness (QED) is 0.856. The van der Waals surface area contributed by atoms with Crippen molar-refractivity contribution in [3.63, 3.8) is 0 Å². The normalized spacial score (nSPS) is 16.9. The van der Waals surface area contributed by atoms with E-state index in [4.69, 9.17) is 4.74 Å². The number of carbonyl (C=O) groups excluding carboxylic acids is 1. The van der Waals surface area contributed by atoms with E-state index in [1.807, 2.05) is 6.92 Å². The molecule has 1 unspecified atom stereocenters. The van der Waals surface area contributed by atoms with Crippen molar-refractivity contribution in [3.8, 4) is 5.75 Å². The highest BCUT2D eigenvalue weighted by Crippen LogP contribution is 2.17. The first-order valence-electron chi connectivity index (χ1n) is 7.93. The van der Waals surface area contributed by atoms with E-state index in [9.17, 15) is 13.2 Å². The van der Waals surface area contributed by atoms with Crippen LogP contribution in [0.2, 0.25) is 0 Å². The smallest absolute Gasteiger partial charge is 0.241 e. The van der Waals surface area contributed by atoms with Crippen LogP contribution in [0.4, 0.5) is 0 Å². The van der Waals surface area contributed by atoms with Crippen molar-refractivity contribution in [2.24, 2.45) is 0 Å². The second-order valence-corrected chi connectivity index (χ2v) is 7.36. The van der Waals surface area contributed by atoms with E-state index in [-0.39, 0.29) is 10.8 Å². The fourth-order valence-electron chi connectivity index (χ4n) is 2.65. The second-order valence-electron chi connectivity index (χ2n) is 5.64. The molecule has 1 aromatic carbocycles. The number of carbonyl (C=O) groups is 1. The maximum Gasteiger partial charge on any atom is 0.241 e. The second kappa shape index (κ2) is 7.79. The molecule has 1 aromatic rings. The van der Waals surface area contributed by atoms with Crippen LogP contribution in [0.3, 0.4) is 0 Å². The molecule has 2 rings (SSSR count). The summed E-state index contributed by atoms with van der Waals surface area (Å²) < 4.78 is 32.5. The van der Waals surface area contributed by atoms with Gasteiger partial charge in [0, 0.05) is 13.1 Å². The van der Waals surface area contributed by atoms with Crippen LogP contribution in [0.1, 0.15) is 32.6 Å². The Morgan fingerprint density at radius 1 is 1.22 bits per heavy atom. The SMILES string of the molecule is CCC(NS(=O)(=O)c1ccc(OC)cc1)C(=O)N1CCCCC1. The topological polar surface area (TPSA) is 75.7 Å². The summed E-state index contributed by atoms with van der Waals surface area (Å²) in [5.41, 5.74) is 0. The van der Waals surface area contributed by atoms with Gasteiger partial charge in [-0.25, -0.2) is 8.42 Å². The van der Waals surface area contributed by atoms with Gasteiger partial charge in [0.2, 0.25) is 15.9 Å². The van der Waals surface area contributed by atoms with Gasteiger partial charge in [0.05, 0.1) is 12.0 Å². The maximum absolute atomic E-state index is 12.5. The Bertz CT molecular complexity index is 622. The van der Waals surface area contributed by atoms with E-state index in [2.05, 4.69) is 4.72 Å². The number of sulfonamides is 1. The van der Waals surface area contributed by atoms with Gasteiger partial charge in [-0.15, -0.1) is 0 Å². The summed E-state index contributed by atoms with van der Waals surface area (Å²) in [5.74, 6) is 0.449. The first-order valence-corrected chi connectivity index (χ1v) is 9.41. The van der Waals surface area contributed by atoms with E-state index in [1.165, 1.54) is 19.2 Å². The fourth-order valence-corrected chi connectivity index (χ4v) is 3.93. The zero-order valence-electron chi connectivity index (χ0n) is 13.6. The Morgan fingerprint density at radius 3 is 2.35 bits per heavy atom. The number of nitrogens with zero attached hydrogens (tertiary/aromatic N) is 1. The molecule has 6 nitrogen and oxygen atoms in total. The van der Waals surface area contributed by atoms with Crippen LogP contribution < -0.4 is 9.46 Å². The van der Waals surface area contributed by atoms with Crippen LogP contribution in [-0.2, 0) is 14.8 Å². The molecule has 1 saturated heterocycles. The molecule has 1 aliphatic heterocycles. The summed E-state index contributed by atoms with van der Waals surface area (Å²) in [4.78, 5) is 14.4. The van der Waals surface area contributed by atoms with Crippen molar-refractivity contribution in [3.05, 3.63) is 24.3 Å². The maximum atomic E-state index is 12.5. The van der Waals surface area contributed by atoms with E-state index < -0.39 is 16.1 Å². The Hall–Kier alpha value is -1.60. The number of nitrogens with one attached hydrogen (secondary N) is 1. The molecule has 0 aliphatic carbocycles. The molecule has 0 aromatic heterocycles. The van der Waals surface area contributed by atoms with Crippen LogP contribution in [0.25, 0.3) is 0 Å². The van der Waals surface area contributed by atoms with E-state index >= 15 is 0 Å². The summed E-state index contributed by atoms with van der Waals surface area (Å²) >= 11 is 0. The third-order valence-electron chi connectivity index (χ3n) is 4.04. The lowest BCUT2D eigenvalue weighted by Crippen LogP contribution is -2.49. The summed E-state index contributed by atoms with van der Waals surface area (Å²) in [6.07, 6.45) is 3.50. The summed E-state index contributed by atoms with van der Waals surface area (Å²) in [6.45, 7) is 3.22. The van der Waals surface area contributed by atoms with E-state index in [1.54, 1.807) is 17.0 Å². The molecule has 1 heterocycles. The number of hydrogen-bond acceptors (Lipinski definition) is 4. The van der Waals surface area contributed by atoms with Gasteiger partial charge >= 0.3 is 0 Å². The molecule has 1 N–H and O–H groups in total. The molecule has 0 spiro atoms. The molecule has 1 atom stereocenters. The average Bonchev–Trinajstić information content (AvgIpc) is 2.60. The number of rotatable bonds is 6. The minimum Gasteiger partial charge on any atom is -0.497 e. The summed E-state index contributed by atoms with van der Waals surface area (Å²) in [5, 5.41) is 0. The third kappa shape index (κ3) is 4.45. The molecule has 0 radical (unpaired) electrons. The molecular formula is C16H24N2O4S. The number of hydrogen-bond donors (Lipinski definition) is 1. The van der Waals surface area contributed by atoms with Crippen molar-refractivity contribution >= 4 is 15.9 Å². The van der Waals surface area contributed by atoms with Crippen LogP contribution in [0, 0.1) is 0 Å². The number of amides is 1. The Labute approximate surface area is 137 Å². The molecule has 23 heavy (non-hydrogen) atoms. The largest absolute Gasteiger partial charge is 0.497 e. The number of ether oxygens (including phenoxy) is 1. The van der Waals surface area contributed by atoms with Crippen LogP contribution in [0.15, 0.2) is 29.2 Å². The van der Waals surface area contributed by atoms with Crippen LogP contribution >= 0.6 is 0 Å². The van der Waals surface area contributed by atoms with Gasteiger partial charge in [-0.3, -0.25) is 4.79 Å². The zero-order valence-corrected chi connectivity index (χ0v) is 14.4. The Kier molecular flexibility index (Phi) is 6.01. The van der Waals surface area contributed by atoms with Crippen molar-refractivity contribution in [1.82, 2.24) is 9.62 Å². The third-order valence-corrected chi connectivity index (χ3v) is 5.53. The van der Waals surface area contributed by atoms with Crippen molar-refractivity contribution < 1.29 is 17.9 Å². The highest BCUT2D eigenvalue weighted by molar-refractivity contribution is 7.89. The average molecular weight is 340 g/mol. The van der Waals surface area contributed by atoms with Gasteiger partial charge in [0.1, 0.15) is 11.8 Å². The van der Waals surface area contributed by atoms with Gasteiger partial charge in [0.15, 0.2) is 0 Å². The Balaban J connectivity index is 2.10. The monoisotopic (exact) mass is 340 g/mol. The summed E-state index contributed by atoms with van der Waals surface area (Å²) in [7, 11) is -2.21. The predicted molar refractivity (Wildman–Crippen MR) is 87.8 cm³/mol. The Morgan fingerprint density at radius 2 is 1.83 bits per heavy atom. The highest BCUT2D eigenvalue weighted by Gasteiger charge is 2.28. The lowest BCUT2D eigenvalue weighted by Gasteiger charge is -2.30. The van der Waals surface area contributed by atoms with Gasteiger partial charge in [-0.05, 0) is 49.9 Å². The molecule has 7 heteroatoms. The van der Waals surface area contributed by atoms with Gasteiger partial charge in [-0.2, -0.15) is 4.72 Å². The zero-order chi connectivity index (χ0) is 16.9. The molecule has 0 saturated carbocycles. The minimum absolute atomic E-state index is 0.128. The number of likely N-dealkylation sites (tertiary alicyclic amines) is 1. The number of piperidine rings is 1. The van der Waals surface area contributed by atoms with Crippen molar-refractivity contribution in [2.75, 3.05) is 20.2 Å². The van der Waals surface area contributed by atoms with Crippen molar-refractivity contribution in [1.29, 1.82) is 0 Å². The van der Waals surface area contributed by atoms with E-state index in [0.717, 1.165) is 19.3 Å². The number of methoxy groups -OCH3 is 1. The van der Waals surface area contributed by atoms with Crippen LogP contribution in [-0.4, -0.2) is 45.5 Å². The first kappa shape index (κ1) is 17.7. The highest BCUT2D eigenvalue weighted by atomic mass is 32.2. The molecule has 128 valence electrons. The van der Waals surface area contributed by atoms with E-state index in [0.29, 0.717) is 25.3 Å². The molecule has 1 aliphatic rings. The number of benzene rings is 1. The van der Waals surface area contributed by atoms with Gasteiger partial charge in [-0.1, -0.05) is 6.92 Å². The summed E-state index contributed by atoms with van der Waals surface area (Å²) in [6, 6.07) is 5.39. The fraction of sp³-hybridized carbons (Fsp3) is 0.562. The standard InChI is InChI=1S/C16H24N2O4S/c1-3-15(16(19)18-11-5-4-6-12-18)17-23(20,21)14-9-7-13(22-2)8-10-14/h7-10,15,17H,3-6,11-12H2,1-2H3. The molecule has 0 bridgehead atoms.